The van der Waals surface area contributed by atoms with E-state index >= 15 is 0 Å². The van der Waals surface area contributed by atoms with Crippen molar-refractivity contribution in [1.29, 1.82) is 0 Å². The molecule has 0 amide bonds. The molecule has 0 saturated heterocycles. The van der Waals surface area contributed by atoms with Crippen LogP contribution in [0.25, 0.3) is 0 Å². The number of nitrogens with zero attached hydrogens (tertiary/aromatic N) is 1. The van der Waals surface area contributed by atoms with Crippen molar-refractivity contribution in [2.75, 3.05) is 14.1 Å². The van der Waals surface area contributed by atoms with Crippen LogP contribution in [0, 0.1) is 0 Å². The summed E-state index contributed by atoms with van der Waals surface area (Å²) >= 11 is 3.31. The largest absolute Gasteiger partial charge is 0.279 e. The molecule has 0 spiro atoms. The summed E-state index contributed by atoms with van der Waals surface area (Å²) in [5.74, 6) is 0. The van der Waals surface area contributed by atoms with Crippen molar-refractivity contribution in [2.45, 2.75) is 6.54 Å². The minimum absolute atomic E-state index is 0.299. The third kappa shape index (κ3) is 3.90. The Morgan fingerprint density at radius 2 is 1.80 bits per heavy atom. The quantitative estimate of drug-likeness (QED) is 0.911. The second kappa shape index (κ2) is 5.07. The lowest BCUT2D eigenvalue weighted by Crippen LogP contribution is -2.35. The summed E-state index contributed by atoms with van der Waals surface area (Å²) in [6, 6.07) is 7.48. The molecule has 0 aliphatic heterocycles. The third-order valence-electron chi connectivity index (χ3n) is 1.85. The van der Waals surface area contributed by atoms with E-state index in [2.05, 4.69) is 20.7 Å². The van der Waals surface area contributed by atoms with E-state index in [-0.39, 0.29) is 0 Å². The fraction of sp³-hybridized carbons (Fsp3) is 0.333. The van der Waals surface area contributed by atoms with Crippen LogP contribution in [0.5, 0.6) is 0 Å². The zero-order chi connectivity index (χ0) is 11.5. The smallest absolute Gasteiger partial charge is 0.198 e. The lowest BCUT2D eigenvalue weighted by molar-refractivity contribution is 0.505. The second-order valence-electron chi connectivity index (χ2n) is 3.24. The van der Waals surface area contributed by atoms with Gasteiger partial charge >= 0.3 is 0 Å². The molecule has 0 aliphatic rings. The van der Waals surface area contributed by atoms with Crippen LogP contribution >= 0.6 is 15.9 Å². The van der Waals surface area contributed by atoms with Gasteiger partial charge in [0.1, 0.15) is 0 Å². The minimum Gasteiger partial charge on any atom is -0.198 e. The average molecular weight is 293 g/mol. The topological polar surface area (TPSA) is 49.4 Å². The molecule has 6 heteroatoms. The third-order valence-corrected chi connectivity index (χ3v) is 3.85. The van der Waals surface area contributed by atoms with Crippen molar-refractivity contribution in [3.05, 3.63) is 34.3 Å². The lowest BCUT2D eigenvalue weighted by Gasteiger charge is -2.12. The fourth-order valence-corrected chi connectivity index (χ4v) is 1.78. The van der Waals surface area contributed by atoms with E-state index < -0.39 is 10.2 Å². The highest BCUT2D eigenvalue weighted by molar-refractivity contribution is 9.10. The van der Waals surface area contributed by atoms with Gasteiger partial charge in [0.15, 0.2) is 0 Å². The van der Waals surface area contributed by atoms with E-state index in [1.54, 1.807) is 0 Å². The van der Waals surface area contributed by atoms with Crippen LogP contribution in [0.15, 0.2) is 28.7 Å². The molecule has 0 unspecified atom stereocenters. The molecule has 15 heavy (non-hydrogen) atoms. The Morgan fingerprint density at radius 1 is 1.27 bits per heavy atom. The maximum atomic E-state index is 11.4. The first kappa shape index (κ1) is 12.6. The van der Waals surface area contributed by atoms with Gasteiger partial charge in [-0.3, -0.25) is 0 Å². The Labute approximate surface area is 98.6 Å². The van der Waals surface area contributed by atoms with Crippen molar-refractivity contribution < 1.29 is 8.42 Å². The molecule has 84 valence electrons. The Balaban J connectivity index is 2.62. The number of halogens is 1. The van der Waals surface area contributed by atoms with Gasteiger partial charge in [-0.25, -0.2) is 0 Å². The standard InChI is InChI=1S/C9H13BrN2O2S/c1-12(2)15(13,14)11-7-8-3-5-9(10)6-4-8/h3-6,11H,7H2,1-2H3. The number of rotatable bonds is 4. The van der Waals surface area contributed by atoms with Crippen LogP contribution < -0.4 is 4.72 Å². The highest BCUT2D eigenvalue weighted by Crippen LogP contribution is 2.10. The Kier molecular flexibility index (Phi) is 4.27. The van der Waals surface area contributed by atoms with Crippen LogP contribution in [0.3, 0.4) is 0 Å². The van der Waals surface area contributed by atoms with Gasteiger partial charge in [-0.15, -0.1) is 0 Å². The van der Waals surface area contributed by atoms with E-state index in [9.17, 15) is 8.42 Å². The van der Waals surface area contributed by atoms with E-state index in [1.165, 1.54) is 14.1 Å². The molecule has 0 atom stereocenters. The number of hydrogen-bond donors (Lipinski definition) is 1. The van der Waals surface area contributed by atoms with Crippen molar-refractivity contribution in [3.63, 3.8) is 0 Å². The van der Waals surface area contributed by atoms with Gasteiger partial charge in [0.25, 0.3) is 10.2 Å². The molecule has 0 aromatic heterocycles. The molecule has 1 rings (SSSR count). The van der Waals surface area contributed by atoms with E-state index in [1.807, 2.05) is 24.3 Å². The highest BCUT2D eigenvalue weighted by Gasteiger charge is 2.11. The fourth-order valence-electron chi connectivity index (χ4n) is 0.906. The summed E-state index contributed by atoms with van der Waals surface area (Å²) < 4.78 is 27.3. The van der Waals surface area contributed by atoms with Crippen molar-refractivity contribution in [1.82, 2.24) is 9.03 Å². The van der Waals surface area contributed by atoms with Crippen LogP contribution in [-0.4, -0.2) is 26.8 Å². The van der Waals surface area contributed by atoms with Crippen molar-refractivity contribution in [3.8, 4) is 0 Å². The first-order valence-electron chi connectivity index (χ1n) is 4.33. The highest BCUT2D eigenvalue weighted by atomic mass is 79.9. The van der Waals surface area contributed by atoms with Gasteiger partial charge in [-0.1, -0.05) is 28.1 Å². The van der Waals surface area contributed by atoms with Crippen LogP contribution in [0.1, 0.15) is 5.56 Å². The summed E-state index contributed by atoms with van der Waals surface area (Å²) in [5.41, 5.74) is 0.920. The van der Waals surface area contributed by atoms with Crippen molar-refractivity contribution >= 4 is 26.1 Å². The molecular formula is C9H13BrN2O2S. The number of nitrogens with one attached hydrogen (secondary N) is 1. The SMILES string of the molecule is CN(C)S(=O)(=O)NCc1ccc(Br)cc1. The van der Waals surface area contributed by atoms with Crippen LogP contribution in [0.2, 0.25) is 0 Å². The van der Waals surface area contributed by atoms with Crippen LogP contribution in [-0.2, 0) is 16.8 Å². The van der Waals surface area contributed by atoms with E-state index in [0.29, 0.717) is 6.54 Å². The summed E-state index contributed by atoms with van der Waals surface area (Å²) in [4.78, 5) is 0. The summed E-state index contributed by atoms with van der Waals surface area (Å²) in [6.07, 6.45) is 0. The maximum absolute atomic E-state index is 11.4. The zero-order valence-corrected chi connectivity index (χ0v) is 11.0. The molecule has 0 saturated carbocycles. The summed E-state index contributed by atoms with van der Waals surface area (Å²) in [5, 5.41) is 0. The Morgan fingerprint density at radius 3 is 2.27 bits per heavy atom. The zero-order valence-electron chi connectivity index (χ0n) is 8.57. The Bertz CT molecular complexity index is 414. The molecule has 0 aliphatic carbocycles. The molecule has 1 aromatic rings. The average Bonchev–Trinajstić information content (AvgIpc) is 2.17. The monoisotopic (exact) mass is 292 g/mol. The molecule has 0 radical (unpaired) electrons. The van der Waals surface area contributed by atoms with Gasteiger partial charge in [0.2, 0.25) is 0 Å². The predicted octanol–water partition coefficient (Wildman–Crippen LogP) is 1.35. The molecule has 0 fully saturated rings. The van der Waals surface area contributed by atoms with E-state index in [0.717, 1.165) is 14.3 Å². The van der Waals surface area contributed by atoms with Crippen molar-refractivity contribution in [2.24, 2.45) is 0 Å². The summed E-state index contributed by atoms with van der Waals surface area (Å²) in [6.45, 7) is 0.299. The number of hydrogen-bond acceptors (Lipinski definition) is 2. The predicted molar refractivity (Wildman–Crippen MR) is 63.6 cm³/mol. The molecule has 1 aromatic carbocycles. The molecule has 1 N–H and O–H groups in total. The summed E-state index contributed by atoms with van der Waals surface area (Å²) in [7, 11) is -0.355. The van der Waals surface area contributed by atoms with Gasteiger partial charge < -0.3 is 0 Å². The maximum Gasteiger partial charge on any atom is 0.279 e. The molecule has 0 bridgehead atoms. The minimum atomic E-state index is -3.33. The van der Waals surface area contributed by atoms with E-state index in [4.69, 9.17) is 0 Å². The van der Waals surface area contributed by atoms with Crippen LogP contribution in [0.4, 0.5) is 0 Å². The first-order valence-corrected chi connectivity index (χ1v) is 6.56. The van der Waals surface area contributed by atoms with Gasteiger partial charge in [-0.05, 0) is 17.7 Å². The molecule has 0 heterocycles. The molecule has 4 nitrogen and oxygen atoms in total. The van der Waals surface area contributed by atoms with Gasteiger partial charge in [0.05, 0.1) is 0 Å². The second-order valence-corrected chi connectivity index (χ2v) is 6.12. The first-order chi connectivity index (χ1) is 6.92. The Hall–Kier alpha value is -0.430. The number of benzene rings is 1. The van der Waals surface area contributed by atoms with Gasteiger partial charge in [0, 0.05) is 25.1 Å². The van der Waals surface area contributed by atoms with Gasteiger partial charge in [-0.2, -0.15) is 17.4 Å². The lowest BCUT2D eigenvalue weighted by atomic mass is 10.2. The normalized spacial score (nSPS) is 12.0. The molecular weight excluding hydrogens is 280 g/mol.